The molecule has 1 aliphatic rings. The number of benzene rings is 1. The van der Waals surface area contributed by atoms with Gasteiger partial charge in [0, 0.05) is 6.42 Å². The molecule has 0 bridgehead atoms. The summed E-state index contributed by atoms with van der Waals surface area (Å²) in [5.74, 6) is -0.965. The second kappa shape index (κ2) is 7.34. The fraction of sp³-hybridized carbons (Fsp3) is 0.529. The average Bonchev–Trinajstić information content (AvgIpc) is 2.50. The lowest BCUT2D eigenvalue weighted by Crippen LogP contribution is -2.21. The summed E-state index contributed by atoms with van der Waals surface area (Å²) in [5, 5.41) is 0. The molecule has 2 rings (SSSR count). The third-order valence-electron chi connectivity index (χ3n) is 4.11. The zero-order chi connectivity index (χ0) is 15.2. The predicted molar refractivity (Wildman–Crippen MR) is 77.8 cm³/mol. The van der Waals surface area contributed by atoms with E-state index in [1.54, 1.807) is 24.3 Å². The number of carbonyl (C=O) groups is 2. The van der Waals surface area contributed by atoms with Crippen molar-refractivity contribution in [3.05, 3.63) is 35.4 Å². The highest BCUT2D eigenvalue weighted by molar-refractivity contribution is 5.89. The monoisotopic (exact) mass is 292 g/mol. The number of ketones is 1. The molecule has 0 N–H and O–H groups in total. The van der Waals surface area contributed by atoms with E-state index in [0.29, 0.717) is 24.0 Å². The largest absolute Gasteiger partial charge is 0.465 e. The maximum Gasteiger partial charge on any atom is 0.337 e. The molecule has 0 radical (unpaired) electrons. The van der Waals surface area contributed by atoms with Crippen molar-refractivity contribution in [1.82, 2.24) is 0 Å². The molecule has 2 unspecified atom stereocenters. The van der Waals surface area contributed by atoms with Gasteiger partial charge in [-0.1, -0.05) is 31.4 Å². The lowest BCUT2D eigenvalue weighted by atomic mass is 9.84. The number of methoxy groups -OCH3 is 1. The first-order chi connectivity index (χ1) is 10.1. The first-order valence-corrected chi connectivity index (χ1v) is 7.48. The molecule has 1 aliphatic carbocycles. The third-order valence-corrected chi connectivity index (χ3v) is 4.11. The summed E-state index contributed by atoms with van der Waals surface area (Å²) in [7, 11) is 1.31. The van der Waals surface area contributed by atoms with Crippen LogP contribution in [0.25, 0.3) is 0 Å². The SMILES string of the molecule is COC(=O)c1ccc(C(F)C2CCCCCCC2=O)cc1. The van der Waals surface area contributed by atoms with Crippen LogP contribution in [0, 0.1) is 5.92 Å². The maximum atomic E-state index is 14.7. The van der Waals surface area contributed by atoms with Crippen molar-refractivity contribution in [2.45, 2.75) is 44.7 Å². The first-order valence-electron chi connectivity index (χ1n) is 7.48. The zero-order valence-corrected chi connectivity index (χ0v) is 12.3. The number of halogens is 1. The van der Waals surface area contributed by atoms with Crippen LogP contribution < -0.4 is 0 Å². The van der Waals surface area contributed by atoms with E-state index < -0.39 is 18.1 Å². The number of rotatable bonds is 3. The van der Waals surface area contributed by atoms with Crippen molar-refractivity contribution in [2.75, 3.05) is 7.11 Å². The molecule has 2 atom stereocenters. The van der Waals surface area contributed by atoms with Crippen LogP contribution in [0.5, 0.6) is 0 Å². The summed E-state index contributed by atoms with van der Waals surface area (Å²) >= 11 is 0. The molecule has 1 aromatic carbocycles. The lowest BCUT2D eigenvalue weighted by Gasteiger charge is -2.22. The Morgan fingerprint density at radius 1 is 1.19 bits per heavy atom. The van der Waals surface area contributed by atoms with Gasteiger partial charge in [0.05, 0.1) is 18.6 Å². The second-order valence-electron chi connectivity index (χ2n) is 5.54. The Labute approximate surface area is 124 Å². The smallest absolute Gasteiger partial charge is 0.337 e. The van der Waals surface area contributed by atoms with E-state index in [9.17, 15) is 14.0 Å². The van der Waals surface area contributed by atoms with Crippen LogP contribution in [0.15, 0.2) is 24.3 Å². The van der Waals surface area contributed by atoms with Crippen LogP contribution in [-0.4, -0.2) is 18.9 Å². The van der Waals surface area contributed by atoms with E-state index in [1.165, 1.54) is 7.11 Å². The lowest BCUT2D eigenvalue weighted by molar-refractivity contribution is -0.125. The number of alkyl halides is 1. The van der Waals surface area contributed by atoms with Crippen LogP contribution in [-0.2, 0) is 9.53 Å². The molecule has 114 valence electrons. The van der Waals surface area contributed by atoms with E-state index in [-0.39, 0.29) is 5.78 Å². The Bertz CT molecular complexity index is 495. The first kappa shape index (κ1) is 15.7. The van der Waals surface area contributed by atoms with Gasteiger partial charge in [-0.05, 0) is 30.5 Å². The van der Waals surface area contributed by atoms with Crippen molar-refractivity contribution in [1.29, 1.82) is 0 Å². The van der Waals surface area contributed by atoms with Crippen LogP contribution in [0.2, 0.25) is 0 Å². The van der Waals surface area contributed by atoms with Crippen molar-refractivity contribution < 1.29 is 18.7 Å². The highest BCUT2D eigenvalue weighted by Crippen LogP contribution is 2.33. The molecule has 21 heavy (non-hydrogen) atoms. The summed E-state index contributed by atoms with van der Waals surface area (Å²) < 4.78 is 19.3. The topological polar surface area (TPSA) is 43.4 Å². The van der Waals surface area contributed by atoms with E-state index in [0.717, 1.165) is 25.7 Å². The normalized spacial score (nSPS) is 21.2. The number of hydrogen-bond acceptors (Lipinski definition) is 3. The van der Waals surface area contributed by atoms with E-state index in [4.69, 9.17) is 0 Å². The molecule has 4 heteroatoms. The molecule has 0 amide bonds. The Hall–Kier alpha value is -1.71. The van der Waals surface area contributed by atoms with Crippen LogP contribution in [0.1, 0.15) is 60.6 Å². The minimum absolute atomic E-state index is 0.0271. The van der Waals surface area contributed by atoms with Crippen molar-refractivity contribution in [2.24, 2.45) is 5.92 Å². The summed E-state index contributed by atoms with van der Waals surface area (Å²) in [6.45, 7) is 0. The molecule has 3 nitrogen and oxygen atoms in total. The molecular weight excluding hydrogens is 271 g/mol. The minimum Gasteiger partial charge on any atom is -0.465 e. The molecule has 0 heterocycles. The van der Waals surface area contributed by atoms with Gasteiger partial charge in [-0.25, -0.2) is 9.18 Å². The summed E-state index contributed by atoms with van der Waals surface area (Å²) in [6.07, 6.45) is 3.69. The quantitative estimate of drug-likeness (QED) is 0.790. The highest BCUT2D eigenvalue weighted by Gasteiger charge is 2.29. The molecule has 0 saturated heterocycles. The number of Topliss-reactive ketones (excluding diaryl/α,β-unsaturated/α-hetero) is 1. The van der Waals surface area contributed by atoms with Crippen LogP contribution >= 0.6 is 0 Å². The molecule has 0 aromatic heterocycles. The highest BCUT2D eigenvalue weighted by atomic mass is 19.1. The van der Waals surface area contributed by atoms with Crippen molar-refractivity contribution in [3.8, 4) is 0 Å². The van der Waals surface area contributed by atoms with Crippen molar-refractivity contribution >= 4 is 11.8 Å². The number of esters is 1. The minimum atomic E-state index is -1.29. The van der Waals surface area contributed by atoms with Gasteiger partial charge in [-0.2, -0.15) is 0 Å². The third kappa shape index (κ3) is 3.90. The van der Waals surface area contributed by atoms with Gasteiger partial charge in [-0.3, -0.25) is 4.79 Å². The Balaban J connectivity index is 2.11. The van der Waals surface area contributed by atoms with E-state index in [2.05, 4.69) is 4.74 Å². The van der Waals surface area contributed by atoms with Gasteiger partial charge in [0.15, 0.2) is 0 Å². The molecule has 0 spiro atoms. The standard InChI is InChI=1S/C17H21FO3/c1-21-17(20)13-10-8-12(9-11-13)16(18)14-6-4-2-3-5-7-15(14)19/h8-11,14,16H,2-7H2,1H3. The average molecular weight is 292 g/mol. The molecule has 0 aliphatic heterocycles. The maximum absolute atomic E-state index is 14.7. The fourth-order valence-corrected chi connectivity index (χ4v) is 2.83. The Morgan fingerprint density at radius 2 is 1.86 bits per heavy atom. The molecule has 1 aromatic rings. The van der Waals surface area contributed by atoms with Gasteiger partial charge >= 0.3 is 5.97 Å². The number of hydrogen-bond donors (Lipinski definition) is 0. The van der Waals surface area contributed by atoms with Crippen molar-refractivity contribution in [3.63, 3.8) is 0 Å². The van der Waals surface area contributed by atoms with E-state index in [1.807, 2.05) is 0 Å². The van der Waals surface area contributed by atoms with Gasteiger partial charge in [0.2, 0.25) is 0 Å². The summed E-state index contributed by atoms with van der Waals surface area (Å²) in [5.41, 5.74) is 0.846. The van der Waals surface area contributed by atoms with E-state index >= 15 is 0 Å². The van der Waals surface area contributed by atoms with Crippen LogP contribution in [0.4, 0.5) is 4.39 Å². The Morgan fingerprint density at radius 3 is 2.52 bits per heavy atom. The van der Waals surface area contributed by atoms with Gasteiger partial charge in [0.25, 0.3) is 0 Å². The summed E-state index contributed by atoms with van der Waals surface area (Å²) in [4.78, 5) is 23.5. The van der Waals surface area contributed by atoms with Gasteiger partial charge in [0.1, 0.15) is 12.0 Å². The van der Waals surface area contributed by atoms with Gasteiger partial charge < -0.3 is 4.74 Å². The molecule has 1 fully saturated rings. The van der Waals surface area contributed by atoms with Crippen LogP contribution in [0.3, 0.4) is 0 Å². The Kier molecular flexibility index (Phi) is 5.48. The molecular formula is C17H21FO3. The fourth-order valence-electron chi connectivity index (χ4n) is 2.83. The predicted octanol–water partition coefficient (Wildman–Crippen LogP) is 4.02. The number of carbonyl (C=O) groups excluding carboxylic acids is 2. The summed E-state index contributed by atoms with van der Waals surface area (Å²) in [6, 6.07) is 6.23. The van der Waals surface area contributed by atoms with Gasteiger partial charge in [-0.15, -0.1) is 0 Å². The number of ether oxygens (including phenoxy) is 1. The molecule has 1 saturated carbocycles. The zero-order valence-electron chi connectivity index (χ0n) is 12.3. The second-order valence-corrected chi connectivity index (χ2v) is 5.54.